The summed E-state index contributed by atoms with van der Waals surface area (Å²) in [7, 11) is 0. The second kappa shape index (κ2) is 7.60. The Hall–Kier alpha value is -2.87. The van der Waals surface area contributed by atoms with Crippen LogP contribution in [0.3, 0.4) is 0 Å². The lowest BCUT2D eigenvalue weighted by Crippen LogP contribution is -2.21. The van der Waals surface area contributed by atoms with Crippen molar-refractivity contribution < 1.29 is 4.79 Å². The predicted octanol–water partition coefficient (Wildman–Crippen LogP) is 5.49. The first kappa shape index (κ1) is 16.0. The first-order valence-electron chi connectivity index (χ1n) is 8.30. The summed E-state index contributed by atoms with van der Waals surface area (Å²) in [6.45, 7) is 2.04. The van der Waals surface area contributed by atoms with Gasteiger partial charge in [-0.05, 0) is 23.6 Å². The van der Waals surface area contributed by atoms with Crippen LogP contribution < -0.4 is 5.32 Å². The van der Waals surface area contributed by atoms with Gasteiger partial charge in [-0.3, -0.25) is 4.79 Å². The highest BCUT2D eigenvalue weighted by atomic mass is 16.1. The van der Waals surface area contributed by atoms with Gasteiger partial charge in [-0.1, -0.05) is 85.8 Å². The van der Waals surface area contributed by atoms with Crippen molar-refractivity contribution >= 4 is 11.6 Å². The number of hydrogen-bond donors (Lipinski definition) is 1. The Kier molecular flexibility index (Phi) is 5.07. The average molecular weight is 315 g/mol. The van der Waals surface area contributed by atoms with Crippen LogP contribution >= 0.6 is 0 Å². The SMILES string of the molecule is CC[C@@H](C(=O)Nc1ccccc1-c1ccccc1)c1ccccc1. The van der Waals surface area contributed by atoms with Crippen molar-refractivity contribution in [2.45, 2.75) is 19.3 Å². The van der Waals surface area contributed by atoms with Crippen molar-refractivity contribution in [1.29, 1.82) is 0 Å². The van der Waals surface area contributed by atoms with Gasteiger partial charge in [0, 0.05) is 11.3 Å². The van der Waals surface area contributed by atoms with Crippen LogP contribution in [0.15, 0.2) is 84.9 Å². The molecule has 0 heterocycles. The molecule has 0 aliphatic rings. The molecule has 1 amide bonds. The number of carbonyl (C=O) groups is 1. The van der Waals surface area contributed by atoms with E-state index in [-0.39, 0.29) is 11.8 Å². The van der Waals surface area contributed by atoms with Gasteiger partial charge in [0.2, 0.25) is 5.91 Å². The molecule has 0 bridgehead atoms. The van der Waals surface area contributed by atoms with Crippen molar-refractivity contribution in [3.63, 3.8) is 0 Å². The van der Waals surface area contributed by atoms with Crippen LogP contribution in [0.25, 0.3) is 11.1 Å². The molecule has 0 aliphatic carbocycles. The number of hydrogen-bond acceptors (Lipinski definition) is 1. The molecule has 120 valence electrons. The molecule has 3 aromatic rings. The zero-order chi connectivity index (χ0) is 16.8. The fraction of sp³-hybridized carbons (Fsp3) is 0.136. The second-order valence-electron chi connectivity index (χ2n) is 5.77. The van der Waals surface area contributed by atoms with Gasteiger partial charge in [-0.25, -0.2) is 0 Å². The maximum Gasteiger partial charge on any atom is 0.231 e. The summed E-state index contributed by atoms with van der Waals surface area (Å²) in [5.41, 5.74) is 4.04. The van der Waals surface area contributed by atoms with Crippen molar-refractivity contribution in [3.8, 4) is 11.1 Å². The molecule has 0 saturated heterocycles. The number of rotatable bonds is 5. The number of carbonyl (C=O) groups excluding carboxylic acids is 1. The van der Waals surface area contributed by atoms with E-state index in [0.29, 0.717) is 0 Å². The summed E-state index contributed by atoms with van der Waals surface area (Å²) in [5.74, 6) is -0.109. The molecule has 0 saturated carbocycles. The third-order valence-corrected chi connectivity index (χ3v) is 4.20. The predicted molar refractivity (Wildman–Crippen MR) is 100.0 cm³/mol. The van der Waals surface area contributed by atoms with Gasteiger partial charge >= 0.3 is 0 Å². The molecule has 0 fully saturated rings. The minimum atomic E-state index is -0.143. The fourth-order valence-electron chi connectivity index (χ4n) is 2.94. The molecule has 3 rings (SSSR count). The zero-order valence-corrected chi connectivity index (χ0v) is 13.8. The molecule has 2 nitrogen and oxygen atoms in total. The Bertz CT molecular complexity index is 796. The molecule has 1 N–H and O–H groups in total. The van der Waals surface area contributed by atoms with Gasteiger partial charge in [0.15, 0.2) is 0 Å². The molecule has 2 heteroatoms. The maximum absolute atomic E-state index is 12.8. The topological polar surface area (TPSA) is 29.1 Å². The van der Waals surface area contributed by atoms with Crippen molar-refractivity contribution in [2.24, 2.45) is 0 Å². The van der Waals surface area contributed by atoms with E-state index in [1.165, 1.54) is 0 Å². The highest BCUT2D eigenvalue weighted by Crippen LogP contribution is 2.29. The lowest BCUT2D eigenvalue weighted by atomic mass is 9.95. The third-order valence-electron chi connectivity index (χ3n) is 4.20. The summed E-state index contributed by atoms with van der Waals surface area (Å²) in [6, 6.07) is 28.0. The Morgan fingerprint density at radius 3 is 2.08 bits per heavy atom. The summed E-state index contributed by atoms with van der Waals surface area (Å²) < 4.78 is 0. The van der Waals surface area contributed by atoms with E-state index in [2.05, 4.69) is 17.4 Å². The highest BCUT2D eigenvalue weighted by Gasteiger charge is 2.19. The van der Waals surface area contributed by atoms with Crippen LogP contribution in [0, 0.1) is 0 Å². The molecular formula is C22H21NO. The van der Waals surface area contributed by atoms with Gasteiger partial charge < -0.3 is 5.32 Å². The van der Waals surface area contributed by atoms with Gasteiger partial charge in [-0.2, -0.15) is 0 Å². The lowest BCUT2D eigenvalue weighted by molar-refractivity contribution is -0.117. The third kappa shape index (κ3) is 3.54. The molecule has 3 aromatic carbocycles. The molecule has 0 radical (unpaired) electrons. The molecule has 0 aliphatic heterocycles. The molecule has 0 spiro atoms. The Labute approximate surface area is 143 Å². The van der Waals surface area contributed by atoms with E-state index < -0.39 is 0 Å². The first-order valence-corrected chi connectivity index (χ1v) is 8.30. The second-order valence-corrected chi connectivity index (χ2v) is 5.77. The van der Waals surface area contributed by atoms with Gasteiger partial charge in [-0.15, -0.1) is 0 Å². The number of anilines is 1. The van der Waals surface area contributed by atoms with E-state index in [1.54, 1.807) is 0 Å². The highest BCUT2D eigenvalue weighted by molar-refractivity contribution is 5.99. The number of amides is 1. The van der Waals surface area contributed by atoms with Crippen molar-refractivity contribution in [1.82, 2.24) is 0 Å². The first-order chi connectivity index (χ1) is 11.8. The molecule has 1 atom stereocenters. The van der Waals surface area contributed by atoms with E-state index in [0.717, 1.165) is 28.8 Å². The smallest absolute Gasteiger partial charge is 0.231 e. The largest absolute Gasteiger partial charge is 0.325 e. The summed E-state index contributed by atoms with van der Waals surface area (Å²) in [6.07, 6.45) is 0.767. The number of nitrogens with one attached hydrogen (secondary N) is 1. The zero-order valence-electron chi connectivity index (χ0n) is 13.8. The van der Waals surface area contributed by atoms with E-state index in [1.807, 2.05) is 79.7 Å². The van der Waals surface area contributed by atoms with Gasteiger partial charge in [0.1, 0.15) is 0 Å². The number of benzene rings is 3. The summed E-state index contributed by atoms with van der Waals surface area (Å²) >= 11 is 0. The maximum atomic E-state index is 12.8. The lowest BCUT2D eigenvalue weighted by Gasteiger charge is -2.17. The molecule has 24 heavy (non-hydrogen) atoms. The molecule has 0 aromatic heterocycles. The molecular weight excluding hydrogens is 294 g/mol. The van der Waals surface area contributed by atoms with E-state index in [4.69, 9.17) is 0 Å². The molecule has 0 unspecified atom stereocenters. The normalized spacial score (nSPS) is 11.7. The minimum Gasteiger partial charge on any atom is -0.325 e. The Morgan fingerprint density at radius 2 is 1.42 bits per heavy atom. The summed E-state index contributed by atoms with van der Waals surface area (Å²) in [5, 5.41) is 3.12. The van der Waals surface area contributed by atoms with Crippen LogP contribution in [-0.2, 0) is 4.79 Å². The monoisotopic (exact) mass is 315 g/mol. The Balaban J connectivity index is 1.87. The van der Waals surface area contributed by atoms with E-state index >= 15 is 0 Å². The Morgan fingerprint density at radius 1 is 0.833 bits per heavy atom. The van der Waals surface area contributed by atoms with Gasteiger partial charge in [0.25, 0.3) is 0 Å². The quantitative estimate of drug-likeness (QED) is 0.663. The van der Waals surface area contributed by atoms with Crippen molar-refractivity contribution in [2.75, 3.05) is 5.32 Å². The van der Waals surface area contributed by atoms with E-state index in [9.17, 15) is 4.79 Å². The summed E-state index contributed by atoms with van der Waals surface area (Å²) in [4.78, 5) is 12.8. The fourth-order valence-corrected chi connectivity index (χ4v) is 2.94. The van der Waals surface area contributed by atoms with Crippen LogP contribution in [0.5, 0.6) is 0 Å². The van der Waals surface area contributed by atoms with Crippen LogP contribution in [0.1, 0.15) is 24.8 Å². The van der Waals surface area contributed by atoms with Crippen LogP contribution in [0.4, 0.5) is 5.69 Å². The van der Waals surface area contributed by atoms with Crippen LogP contribution in [0.2, 0.25) is 0 Å². The average Bonchev–Trinajstić information content (AvgIpc) is 2.64. The standard InChI is InChI=1S/C22H21NO/c1-2-19(17-11-5-3-6-12-17)22(24)23-21-16-10-9-15-20(21)18-13-7-4-8-14-18/h3-16,19H,2H2,1H3,(H,23,24)/t19-/m1/s1. The number of para-hydroxylation sites is 1. The minimum absolute atomic E-state index is 0.0343. The van der Waals surface area contributed by atoms with Crippen LogP contribution in [-0.4, -0.2) is 5.91 Å². The van der Waals surface area contributed by atoms with Gasteiger partial charge in [0.05, 0.1) is 5.92 Å². The van der Waals surface area contributed by atoms with Crippen molar-refractivity contribution in [3.05, 3.63) is 90.5 Å².